The highest BCUT2D eigenvalue weighted by molar-refractivity contribution is 5.95. The largest absolute Gasteiger partial charge is 0.350 e. The number of fused-ring (bicyclic) bond motifs is 1. The quantitative estimate of drug-likeness (QED) is 0.838. The summed E-state index contributed by atoms with van der Waals surface area (Å²) in [6.45, 7) is 3.88. The van der Waals surface area contributed by atoms with Gasteiger partial charge in [0.2, 0.25) is 5.91 Å². The lowest BCUT2D eigenvalue weighted by atomic mass is 10.1. The summed E-state index contributed by atoms with van der Waals surface area (Å²) in [6.07, 6.45) is 5.13. The van der Waals surface area contributed by atoms with Gasteiger partial charge in [-0.05, 0) is 37.6 Å². The number of para-hydroxylation sites is 1. The Morgan fingerprint density at radius 3 is 2.83 bits per heavy atom. The standard InChI is InChI=1S/C15H16N2O/c1-11(2)17-15(18)8-7-12-9-10-16-14-6-4-3-5-13(12)14/h3-11H,1-2H3,(H,17,18)/b8-7-. The third-order valence-corrected chi connectivity index (χ3v) is 2.53. The Hall–Kier alpha value is -2.16. The molecule has 2 aromatic rings. The molecule has 0 aliphatic carbocycles. The van der Waals surface area contributed by atoms with Crippen molar-refractivity contribution in [1.29, 1.82) is 0 Å². The van der Waals surface area contributed by atoms with Crippen LogP contribution in [0.1, 0.15) is 19.4 Å². The van der Waals surface area contributed by atoms with Crippen LogP contribution in [-0.4, -0.2) is 16.9 Å². The molecule has 3 nitrogen and oxygen atoms in total. The van der Waals surface area contributed by atoms with Crippen molar-refractivity contribution in [3.8, 4) is 0 Å². The zero-order chi connectivity index (χ0) is 13.0. The predicted molar refractivity (Wildman–Crippen MR) is 74.1 cm³/mol. The van der Waals surface area contributed by atoms with Crippen LogP contribution >= 0.6 is 0 Å². The summed E-state index contributed by atoms with van der Waals surface area (Å²) in [4.78, 5) is 15.8. The molecule has 1 amide bonds. The first-order valence-corrected chi connectivity index (χ1v) is 5.99. The summed E-state index contributed by atoms with van der Waals surface area (Å²) < 4.78 is 0. The van der Waals surface area contributed by atoms with Crippen LogP contribution in [0.2, 0.25) is 0 Å². The molecule has 0 spiro atoms. The van der Waals surface area contributed by atoms with E-state index in [4.69, 9.17) is 0 Å². The minimum absolute atomic E-state index is 0.0779. The Labute approximate surface area is 107 Å². The van der Waals surface area contributed by atoms with E-state index in [0.717, 1.165) is 16.5 Å². The maximum absolute atomic E-state index is 11.5. The molecule has 0 unspecified atom stereocenters. The van der Waals surface area contributed by atoms with E-state index in [2.05, 4.69) is 10.3 Å². The Kier molecular flexibility index (Phi) is 3.72. The van der Waals surface area contributed by atoms with Gasteiger partial charge >= 0.3 is 0 Å². The van der Waals surface area contributed by atoms with Gasteiger partial charge in [0.05, 0.1) is 5.52 Å². The van der Waals surface area contributed by atoms with Crippen LogP contribution in [0.15, 0.2) is 42.6 Å². The third-order valence-electron chi connectivity index (χ3n) is 2.53. The molecule has 0 radical (unpaired) electrons. The monoisotopic (exact) mass is 240 g/mol. The van der Waals surface area contributed by atoms with E-state index in [1.807, 2.05) is 50.3 Å². The van der Waals surface area contributed by atoms with Crippen molar-refractivity contribution in [2.45, 2.75) is 19.9 Å². The average molecular weight is 240 g/mol. The van der Waals surface area contributed by atoms with Crippen LogP contribution in [0.5, 0.6) is 0 Å². The summed E-state index contributed by atoms with van der Waals surface area (Å²) in [6, 6.07) is 9.94. The number of amides is 1. The zero-order valence-corrected chi connectivity index (χ0v) is 10.6. The van der Waals surface area contributed by atoms with Crippen LogP contribution in [-0.2, 0) is 4.79 Å². The highest BCUT2D eigenvalue weighted by Gasteiger charge is 2.00. The van der Waals surface area contributed by atoms with Crippen molar-refractivity contribution in [3.63, 3.8) is 0 Å². The Balaban J connectivity index is 2.27. The second kappa shape index (κ2) is 5.45. The van der Waals surface area contributed by atoms with Gasteiger partial charge in [0.25, 0.3) is 0 Å². The van der Waals surface area contributed by atoms with Crippen molar-refractivity contribution >= 4 is 22.9 Å². The summed E-state index contributed by atoms with van der Waals surface area (Å²) in [7, 11) is 0. The lowest BCUT2D eigenvalue weighted by Crippen LogP contribution is -2.28. The van der Waals surface area contributed by atoms with Gasteiger partial charge in [0.1, 0.15) is 0 Å². The van der Waals surface area contributed by atoms with Gasteiger partial charge in [0.15, 0.2) is 0 Å². The second-order valence-corrected chi connectivity index (χ2v) is 4.41. The van der Waals surface area contributed by atoms with Crippen molar-refractivity contribution in [2.24, 2.45) is 0 Å². The fraction of sp³-hybridized carbons (Fsp3) is 0.200. The predicted octanol–water partition coefficient (Wildman–Crippen LogP) is 2.77. The fourth-order valence-corrected chi connectivity index (χ4v) is 1.76. The first-order chi connectivity index (χ1) is 8.66. The third kappa shape index (κ3) is 2.94. The van der Waals surface area contributed by atoms with Crippen molar-refractivity contribution in [3.05, 3.63) is 48.2 Å². The number of benzene rings is 1. The zero-order valence-electron chi connectivity index (χ0n) is 10.6. The minimum atomic E-state index is -0.0779. The summed E-state index contributed by atoms with van der Waals surface area (Å²) >= 11 is 0. The molecule has 0 atom stereocenters. The molecule has 3 heteroatoms. The van der Waals surface area contributed by atoms with E-state index in [9.17, 15) is 4.79 Å². The van der Waals surface area contributed by atoms with Crippen molar-refractivity contribution < 1.29 is 4.79 Å². The van der Waals surface area contributed by atoms with E-state index >= 15 is 0 Å². The van der Waals surface area contributed by atoms with Crippen molar-refractivity contribution in [1.82, 2.24) is 10.3 Å². The molecule has 0 saturated carbocycles. The SMILES string of the molecule is CC(C)NC(=O)/C=C\c1ccnc2ccccc12. The molecule has 0 aliphatic rings. The molecule has 1 heterocycles. The van der Waals surface area contributed by atoms with Crippen LogP contribution < -0.4 is 5.32 Å². The number of hydrogen-bond acceptors (Lipinski definition) is 2. The molecule has 0 saturated heterocycles. The first-order valence-electron chi connectivity index (χ1n) is 5.99. The number of aromatic nitrogens is 1. The molecule has 0 aliphatic heterocycles. The molecule has 1 aromatic carbocycles. The smallest absolute Gasteiger partial charge is 0.244 e. The average Bonchev–Trinajstić information content (AvgIpc) is 2.35. The minimum Gasteiger partial charge on any atom is -0.350 e. The number of hydrogen-bond donors (Lipinski definition) is 1. The molecule has 0 fully saturated rings. The lowest BCUT2D eigenvalue weighted by Gasteiger charge is -2.04. The Morgan fingerprint density at radius 2 is 2.06 bits per heavy atom. The van der Waals surface area contributed by atoms with Crippen LogP contribution in [0.25, 0.3) is 17.0 Å². The van der Waals surface area contributed by atoms with Gasteiger partial charge in [-0.1, -0.05) is 18.2 Å². The van der Waals surface area contributed by atoms with Gasteiger partial charge < -0.3 is 5.32 Å². The lowest BCUT2D eigenvalue weighted by molar-refractivity contribution is -0.116. The first kappa shape index (κ1) is 12.3. The Bertz CT molecular complexity index is 583. The molecule has 1 aromatic heterocycles. The van der Waals surface area contributed by atoms with Gasteiger partial charge in [-0.2, -0.15) is 0 Å². The van der Waals surface area contributed by atoms with Crippen molar-refractivity contribution in [2.75, 3.05) is 0 Å². The molecular formula is C15H16N2O. The maximum Gasteiger partial charge on any atom is 0.244 e. The molecule has 1 N–H and O–H groups in total. The molecule has 18 heavy (non-hydrogen) atoms. The molecule has 0 bridgehead atoms. The number of nitrogens with one attached hydrogen (secondary N) is 1. The number of pyridine rings is 1. The van der Waals surface area contributed by atoms with E-state index in [0.29, 0.717) is 0 Å². The molecule has 2 rings (SSSR count). The van der Waals surface area contributed by atoms with Crippen LogP contribution in [0.4, 0.5) is 0 Å². The molecule has 92 valence electrons. The maximum atomic E-state index is 11.5. The number of nitrogens with zero attached hydrogens (tertiary/aromatic N) is 1. The van der Waals surface area contributed by atoms with Crippen LogP contribution in [0.3, 0.4) is 0 Å². The van der Waals surface area contributed by atoms with Crippen LogP contribution in [0, 0.1) is 0 Å². The van der Waals surface area contributed by atoms with E-state index in [1.165, 1.54) is 0 Å². The highest BCUT2D eigenvalue weighted by atomic mass is 16.1. The number of rotatable bonds is 3. The van der Waals surface area contributed by atoms with E-state index in [-0.39, 0.29) is 11.9 Å². The van der Waals surface area contributed by atoms with Gasteiger partial charge in [-0.15, -0.1) is 0 Å². The summed E-state index contributed by atoms with van der Waals surface area (Å²) in [5, 5.41) is 3.87. The molecular weight excluding hydrogens is 224 g/mol. The fourth-order valence-electron chi connectivity index (χ4n) is 1.76. The second-order valence-electron chi connectivity index (χ2n) is 4.41. The highest BCUT2D eigenvalue weighted by Crippen LogP contribution is 2.17. The summed E-state index contributed by atoms with van der Waals surface area (Å²) in [5.74, 6) is -0.0779. The normalized spacial score (nSPS) is 11.3. The topological polar surface area (TPSA) is 42.0 Å². The number of carbonyl (C=O) groups is 1. The number of carbonyl (C=O) groups excluding carboxylic acids is 1. The van der Waals surface area contributed by atoms with E-state index in [1.54, 1.807) is 12.3 Å². The Morgan fingerprint density at radius 1 is 1.28 bits per heavy atom. The van der Waals surface area contributed by atoms with Gasteiger partial charge in [-0.25, -0.2) is 0 Å². The van der Waals surface area contributed by atoms with E-state index < -0.39 is 0 Å². The van der Waals surface area contributed by atoms with Gasteiger partial charge in [-0.3, -0.25) is 9.78 Å². The summed E-state index contributed by atoms with van der Waals surface area (Å²) in [5.41, 5.74) is 1.93. The van der Waals surface area contributed by atoms with Gasteiger partial charge in [0, 0.05) is 23.7 Å².